The van der Waals surface area contributed by atoms with Gasteiger partial charge in [-0.3, -0.25) is 0 Å². The van der Waals surface area contributed by atoms with Crippen LogP contribution in [-0.4, -0.2) is 6.54 Å². The van der Waals surface area contributed by atoms with E-state index in [2.05, 4.69) is 12.2 Å². The third kappa shape index (κ3) is 3.29. The fourth-order valence-corrected chi connectivity index (χ4v) is 2.87. The van der Waals surface area contributed by atoms with Gasteiger partial charge in [-0.2, -0.15) is 0 Å². The molecular weight excluding hydrogens is 232 g/mol. The van der Waals surface area contributed by atoms with Crippen molar-refractivity contribution in [2.24, 2.45) is 11.8 Å². The van der Waals surface area contributed by atoms with Gasteiger partial charge in [-0.05, 0) is 36.5 Å². The maximum Gasteiger partial charge on any atom is 0.0657 e. The Morgan fingerprint density at radius 2 is 2.12 bits per heavy atom. The summed E-state index contributed by atoms with van der Waals surface area (Å²) in [7, 11) is 0. The molecule has 1 aliphatic rings. The van der Waals surface area contributed by atoms with E-state index >= 15 is 0 Å². The second kappa shape index (κ2) is 5.63. The second-order valence-corrected chi connectivity index (χ2v) is 5.55. The lowest BCUT2D eigenvalue weighted by atomic mass is 9.80. The maximum atomic E-state index is 6.14. The minimum absolute atomic E-state index is 0.714. The van der Waals surface area contributed by atoms with Gasteiger partial charge in [0.15, 0.2) is 0 Å². The molecule has 0 heterocycles. The van der Waals surface area contributed by atoms with Crippen LogP contribution >= 0.6 is 11.6 Å². The largest absolute Gasteiger partial charge is 0.399 e. The molecule has 0 saturated heterocycles. The lowest BCUT2D eigenvalue weighted by Gasteiger charge is -2.29. The number of hydrogen-bond donors (Lipinski definition) is 2. The zero-order valence-electron chi connectivity index (χ0n) is 10.4. The lowest BCUT2D eigenvalue weighted by molar-refractivity contribution is 0.268. The van der Waals surface area contributed by atoms with E-state index in [4.69, 9.17) is 17.3 Å². The van der Waals surface area contributed by atoms with Gasteiger partial charge in [-0.15, -0.1) is 0 Å². The van der Waals surface area contributed by atoms with Crippen LogP contribution in [0.4, 0.5) is 11.4 Å². The van der Waals surface area contributed by atoms with Crippen molar-refractivity contribution in [1.82, 2.24) is 0 Å². The first-order valence-electron chi connectivity index (χ1n) is 6.45. The maximum absolute atomic E-state index is 6.14. The van der Waals surface area contributed by atoms with Gasteiger partial charge in [-0.1, -0.05) is 37.8 Å². The molecule has 1 saturated carbocycles. The van der Waals surface area contributed by atoms with E-state index in [1.807, 2.05) is 12.1 Å². The molecule has 1 aromatic rings. The summed E-state index contributed by atoms with van der Waals surface area (Å²) in [5.41, 5.74) is 7.39. The minimum Gasteiger partial charge on any atom is -0.399 e. The van der Waals surface area contributed by atoms with Gasteiger partial charge < -0.3 is 11.1 Å². The van der Waals surface area contributed by atoms with Crippen molar-refractivity contribution in [1.29, 1.82) is 0 Å². The van der Waals surface area contributed by atoms with Gasteiger partial charge >= 0.3 is 0 Å². The summed E-state index contributed by atoms with van der Waals surface area (Å²) >= 11 is 6.14. The van der Waals surface area contributed by atoms with Crippen molar-refractivity contribution in [2.45, 2.75) is 32.6 Å². The smallest absolute Gasteiger partial charge is 0.0657 e. The van der Waals surface area contributed by atoms with E-state index in [1.165, 1.54) is 25.7 Å². The Morgan fingerprint density at radius 3 is 2.82 bits per heavy atom. The number of nitrogens with two attached hydrogens (primary N) is 1. The van der Waals surface area contributed by atoms with Crippen LogP contribution in [0.15, 0.2) is 18.2 Å². The summed E-state index contributed by atoms with van der Waals surface area (Å²) in [6.07, 6.45) is 5.45. The summed E-state index contributed by atoms with van der Waals surface area (Å²) in [4.78, 5) is 0. The summed E-state index contributed by atoms with van der Waals surface area (Å²) in [6, 6.07) is 5.65. The van der Waals surface area contributed by atoms with Crippen LogP contribution in [0.2, 0.25) is 5.02 Å². The molecular formula is C14H21ClN2. The molecule has 3 N–H and O–H groups in total. The molecule has 2 unspecified atom stereocenters. The van der Waals surface area contributed by atoms with E-state index in [1.54, 1.807) is 6.07 Å². The topological polar surface area (TPSA) is 38.0 Å². The third-order valence-corrected chi connectivity index (χ3v) is 4.15. The summed E-state index contributed by atoms with van der Waals surface area (Å²) in [6.45, 7) is 3.38. The highest BCUT2D eigenvalue weighted by Crippen LogP contribution is 2.31. The first kappa shape index (κ1) is 12.6. The molecule has 2 rings (SSSR count). The number of nitrogen functional groups attached to an aromatic ring is 1. The highest BCUT2D eigenvalue weighted by molar-refractivity contribution is 6.33. The number of halogens is 1. The minimum atomic E-state index is 0.714. The van der Waals surface area contributed by atoms with Crippen LogP contribution < -0.4 is 11.1 Å². The van der Waals surface area contributed by atoms with Crippen molar-refractivity contribution < 1.29 is 0 Å². The molecule has 1 aromatic carbocycles. The molecule has 0 amide bonds. The van der Waals surface area contributed by atoms with E-state index in [9.17, 15) is 0 Å². The number of benzene rings is 1. The molecule has 2 nitrogen and oxygen atoms in total. The van der Waals surface area contributed by atoms with Crippen LogP contribution in [0.3, 0.4) is 0 Å². The molecule has 0 aromatic heterocycles. The SMILES string of the molecule is CC1CCCCC1CNc1ccc(N)cc1Cl. The Kier molecular flexibility index (Phi) is 4.16. The zero-order valence-corrected chi connectivity index (χ0v) is 11.1. The van der Waals surface area contributed by atoms with Crippen LogP contribution in [0, 0.1) is 11.8 Å². The Morgan fingerprint density at radius 1 is 1.35 bits per heavy atom. The van der Waals surface area contributed by atoms with E-state index in [-0.39, 0.29) is 0 Å². The van der Waals surface area contributed by atoms with E-state index in [0.717, 1.165) is 24.1 Å². The molecule has 1 fully saturated rings. The normalized spacial score (nSPS) is 24.6. The molecule has 0 radical (unpaired) electrons. The van der Waals surface area contributed by atoms with Gasteiger partial charge in [0.1, 0.15) is 0 Å². The molecule has 1 aliphatic carbocycles. The van der Waals surface area contributed by atoms with Crippen molar-refractivity contribution in [2.75, 3.05) is 17.6 Å². The molecule has 94 valence electrons. The number of hydrogen-bond acceptors (Lipinski definition) is 2. The summed E-state index contributed by atoms with van der Waals surface area (Å²) in [5, 5.41) is 4.17. The molecule has 3 heteroatoms. The highest BCUT2D eigenvalue weighted by atomic mass is 35.5. The Labute approximate surface area is 109 Å². The van der Waals surface area contributed by atoms with Crippen molar-refractivity contribution >= 4 is 23.0 Å². The number of rotatable bonds is 3. The van der Waals surface area contributed by atoms with Gasteiger partial charge in [0.05, 0.1) is 10.7 Å². The van der Waals surface area contributed by atoms with Gasteiger partial charge in [-0.25, -0.2) is 0 Å². The van der Waals surface area contributed by atoms with Crippen LogP contribution in [0.1, 0.15) is 32.6 Å². The van der Waals surface area contributed by atoms with Crippen molar-refractivity contribution in [3.8, 4) is 0 Å². The average Bonchev–Trinajstić information content (AvgIpc) is 2.30. The Bertz CT molecular complexity index is 378. The summed E-state index contributed by atoms with van der Waals surface area (Å²) < 4.78 is 0. The molecule has 0 spiro atoms. The van der Waals surface area contributed by atoms with Crippen LogP contribution in [-0.2, 0) is 0 Å². The zero-order chi connectivity index (χ0) is 12.3. The predicted molar refractivity (Wildman–Crippen MR) is 75.5 cm³/mol. The second-order valence-electron chi connectivity index (χ2n) is 5.14. The fraction of sp³-hybridized carbons (Fsp3) is 0.571. The highest BCUT2D eigenvalue weighted by Gasteiger charge is 2.20. The first-order chi connectivity index (χ1) is 8.16. The average molecular weight is 253 g/mol. The summed E-state index contributed by atoms with van der Waals surface area (Å²) in [5.74, 6) is 1.60. The van der Waals surface area contributed by atoms with Crippen molar-refractivity contribution in [3.63, 3.8) is 0 Å². The lowest BCUT2D eigenvalue weighted by Crippen LogP contribution is -2.24. The Hall–Kier alpha value is -0.890. The molecule has 17 heavy (non-hydrogen) atoms. The van der Waals surface area contributed by atoms with Gasteiger partial charge in [0.25, 0.3) is 0 Å². The molecule has 2 atom stereocenters. The van der Waals surface area contributed by atoms with E-state index < -0.39 is 0 Å². The van der Waals surface area contributed by atoms with Crippen LogP contribution in [0.25, 0.3) is 0 Å². The molecule has 0 bridgehead atoms. The Balaban J connectivity index is 1.92. The van der Waals surface area contributed by atoms with Gasteiger partial charge in [0, 0.05) is 12.2 Å². The third-order valence-electron chi connectivity index (χ3n) is 3.84. The molecule has 0 aliphatic heterocycles. The number of anilines is 2. The van der Waals surface area contributed by atoms with E-state index in [0.29, 0.717) is 10.7 Å². The van der Waals surface area contributed by atoms with Crippen molar-refractivity contribution in [3.05, 3.63) is 23.2 Å². The predicted octanol–water partition coefficient (Wildman–Crippen LogP) is 4.16. The van der Waals surface area contributed by atoms with Gasteiger partial charge in [0.2, 0.25) is 0 Å². The number of nitrogens with one attached hydrogen (secondary N) is 1. The monoisotopic (exact) mass is 252 g/mol. The quantitative estimate of drug-likeness (QED) is 0.793. The standard InChI is InChI=1S/C14H21ClN2/c1-10-4-2-3-5-11(10)9-17-14-7-6-12(16)8-13(14)15/h6-8,10-11,17H,2-5,9,16H2,1H3. The first-order valence-corrected chi connectivity index (χ1v) is 6.83. The van der Waals surface area contributed by atoms with Crippen LogP contribution in [0.5, 0.6) is 0 Å². The fourth-order valence-electron chi connectivity index (χ4n) is 2.61.